The van der Waals surface area contributed by atoms with Gasteiger partial charge in [0.1, 0.15) is 5.58 Å². The van der Waals surface area contributed by atoms with Crippen molar-refractivity contribution in [3.8, 4) is 0 Å². The van der Waals surface area contributed by atoms with Crippen LogP contribution in [0.4, 0.5) is 11.4 Å². The van der Waals surface area contributed by atoms with Gasteiger partial charge < -0.3 is 14.2 Å². The number of benzene rings is 3. The predicted molar refractivity (Wildman–Crippen MR) is 112 cm³/mol. The van der Waals surface area contributed by atoms with Crippen LogP contribution in [0.2, 0.25) is 0 Å². The first-order valence-electron chi connectivity index (χ1n) is 9.76. The lowest BCUT2D eigenvalue weighted by atomic mass is 9.99. The Morgan fingerprint density at radius 2 is 1.74 bits per heavy atom. The van der Waals surface area contributed by atoms with Crippen LogP contribution < -0.4 is 9.80 Å². The van der Waals surface area contributed by atoms with E-state index in [4.69, 9.17) is 4.42 Å². The molecule has 3 nitrogen and oxygen atoms in total. The van der Waals surface area contributed by atoms with Crippen molar-refractivity contribution in [2.75, 3.05) is 16.3 Å². The first-order valence-corrected chi connectivity index (χ1v) is 9.76. The molecule has 1 saturated heterocycles. The summed E-state index contributed by atoms with van der Waals surface area (Å²) < 4.78 is 6.39. The molecule has 3 heterocycles. The third-order valence-electron chi connectivity index (χ3n) is 6.39. The van der Waals surface area contributed by atoms with Gasteiger partial charge in [0.25, 0.3) is 0 Å². The number of furan rings is 1. The summed E-state index contributed by atoms with van der Waals surface area (Å²) in [4.78, 5) is 5.14. The van der Waals surface area contributed by atoms with E-state index in [0.29, 0.717) is 12.2 Å². The van der Waals surface area contributed by atoms with Gasteiger partial charge in [0.15, 0.2) is 5.58 Å². The van der Waals surface area contributed by atoms with E-state index in [9.17, 15) is 0 Å². The van der Waals surface area contributed by atoms with Crippen molar-refractivity contribution in [1.29, 1.82) is 0 Å². The van der Waals surface area contributed by atoms with Crippen LogP contribution in [0.5, 0.6) is 0 Å². The Morgan fingerprint density at radius 1 is 0.926 bits per heavy atom. The van der Waals surface area contributed by atoms with Crippen molar-refractivity contribution in [3.63, 3.8) is 0 Å². The van der Waals surface area contributed by atoms with Crippen LogP contribution in [0, 0.1) is 6.92 Å². The molecule has 1 fully saturated rings. The van der Waals surface area contributed by atoms with E-state index in [1.165, 1.54) is 33.3 Å². The minimum absolute atomic E-state index is 0.316. The number of hydrogen-bond donors (Lipinski definition) is 0. The van der Waals surface area contributed by atoms with Gasteiger partial charge in [-0.05, 0) is 43.5 Å². The van der Waals surface area contributed by atoms with E-state index in [2.05, 4.69) is 78.2 Å². The molecule has 2 atom stereocenters. The fraction of sp³-hybridized carbons (Fsp3) is 0.250. The van der Waals surface area contributed by atoms with Gasteiger partial charge in [0.05, 0.1) is 17.9 Å². The second-order valence-corrected chi connectivity index (χ2v) is 7.88. The summed E-state index contributed by atoms with van der Waals surface area (Å²) in [6, 6.07) is 22.1. The van der Waals surface area contributed by atoms with Gasteiger partial charge in [-0.2, -0.15) is 0 Å². The predicted octanol–water partition coefficient (Wildman–Crippen LogP) is 5.49. The first kappa shape index (κ1) is 15.2. The molecule has 27 heavy (non-hydrogen) atoms. The van der Waals surface area contributed by atoms with E-state index >= 15 is 0 Å². The molecule has 0 N–H and O–H groups in total. The highest BCUT2D eigenvalue weighted by molar-refractivity contribution is 6.09. The van der Waals surface area contributed by atoms with E-state index < -0.39 is 0 Å². The van der Waals surface area contributed by atoms with Crippen molar-refractivity contribution in [2.45, 2.75) is 32.5 Å². The van der Waals surface area contributed by atoms with Crippen LogP contribution in [0.15, 0.2) is 65.1 Å². The maximum Gasteiger partial charge on any atom is 0.159 e. The van der Waals surface area contributed by atoms with E-state index in [1.54, 1.807) is 0 Å². The summed E-state index contributed by atoms with van der Waals surface area (Å²) in [6.45, 7) is 5.61. The van der Waals surface area contributed by atoms with Crippen LogP contribution in [0.1, 0.15) is 18.1 Å². The van der Waals surface area contributed by atoms with Crippen molar-refractivity contribution in [1.82, 2.24) is 0 Å². The fourth-order valence-electron chi connectivity index (χ4n) is 5.17. The molecule has 0 spiro atoms. The zero-order chi connectivity index (χ0) is 18.1. The molecule has 2 aliphatic rings. The van der Waals surface area contributed by atoms with Gasteiger partial charge >= 0.3 is 0 Å². The Bertz CT molecular complexity index is 1190. The largest absolute Gasteiger partial charge is 0.454 e. The quantitative estimate of drug-likeness (QED) is 0.450. The zero-order valence-corrected chi connectivity index (χ0v) is 15.6. The van der Waals surface area contributed by atoms with E-state index in [0.717, 1.165) is 24.1 Å². The lowest BCUT2D eigenvalue weighted by Crippen LogP contribution is -2.38. The standard InChI is InChI=1S/C24H22N2O/c1-15-11-12-20-19-8-4-6-10-22(19)27-24(20)23(15)26-16(2)25-14-18(26)13-17-7-3-5-9-21(17)25/h3-12,16,18H,13-14H2,1-2H3/t16-,18?/m0/s1. The molecule has 4 aromatic rings. The number of aryl methyl sites for hydroxylation is 1. The molecule has 0 aliphatic carbocycles. The Balaban J connectivity index is 1.58. The molecule has 1 unspecified atom stereocenters. The minimum Gasteiger partial charge on any atom is -0.454 e. The molecule has 0 radical (unpaired) electrons. The van der Waals surface area contributed by atoms with Gasteiger partial charge in [0.2, 0.25) is 0 Å². The number of para-hydroxylation sites is 2. The third-order valence-corrected chi connectivity index (χ3v) is 6.39. The van der Waals surface area contributed by atoms with Crippen molar-refractivity contribution in [3.05, 3.63) is 71.8 Å². The van der Waals surface area contributed by atoms with E-state index in [1.807, 2.05) is 6.07 Å². The summed E-state index contributed by atoms with van der Waals surface area (Å²) in [5.74, 6) is 0. The van der Waals surface area contributed by atoms with E-state index in [-0.39, 0.29) is 0 Å². The molecule has 0 saturated carbocycles. The molecule has 0 amide bonds. The van der Waals surface area contributed by atoms with Gasteiger partial charge in [0, 0.05) is 23.0 Å². The summed E-state index contributed by atoms with van der Waals surface area (Å²) in [5.41, 5.74) is 7.39. The molecular weight excluding hydrogens is 332 g/mol. The van der Waals surface area contributed by atoms with Gasteiger partial charge in [-0.1, -0.05) is 48.5 Å². The topological polar surface area (TPSA) is 19.6 Å². The number of fused-ring (bicyclic) bond motifs is 7. The number of hydrogen-bond acceptors (Lipinski definition) is 3. The Hall–Kier alpha value is -2.94. The second-order valence-electron chi connectivity index (χ2n) is 7.88. The molecule has 134 valence electrons. The van der Waals surface area contributed by atoms with Crippen molar-refractivity contribution in [2.24, 2.45) is 0 Å². The molecule has 3 aromatic carbocycles. The average molecular weight is 354 g/mol. The van der Waals surface area contributed by atoms with Crippen LogP contribution in [-0.2, 0) is 6.42 Å². The molecule has 1 aromatic heterocycles. The van der Waals surface area contributed by atoms with Gasteiger partial charge in [-0.15, -0.1) is 0 Å². The lowest BCUT2D eigenvalue weighted by molar-refractivity contribution is 0.638. The molecule has 6 rings (SSSR count). The lowest BCUT2D eigenvalue weighted by Gasteiger charge is -2.30. The molecule has 3 heteroatoms. The third kappa shape index (κ3) is 1.97. The van der Waals surface area contributed by atoms with Crippen LogP contribution in [-0.4, -0.2) is 18.8 Å². The highest BCUT2D eigenvalue weighted by atomic mass is 16.3. The number of anilines is 2. The zero-order valence-electron chi connectivity index (χ0n) is 15.6. The summed E-state index contributed by atoms with van der Waals surface area (Å²) in [5, 5.41) is 2.42. The monoisotopic (exact) mass is 354 g/mol. The van der Waals surface area contributed by atoms with Crippen LogP contribution >= 0.6 is 0 Å². The maximum atomic E-state index is 6.39. The summed E-state index contributed by atoms with van der Waals surface area (Å²) in [7, 11) is 0. The van der Waals surface area contributed by atoms with Crippen LogP contribution in [0.25, 0.3) is 21.9 Å². The smallest absolute Gasteiger partial charge is 0.159 e. The normalized spacial score (nSPS) is 21.3. The number of rotatable bonds is 1. The average Bonchev–Trinajstić information content (AvgIpc) is 3.18. The second kappa shape index (κ2) is 5.29. The molecular formula is C24H22N2O. The highest BCUT2D eigenvalue weighted by Crippen LogP contribution is 2.44. The van der Waals surface area contributed by atoms with Crippen molar-refractivity contribution >= 4 is 33.3 Å². The van der Waals surface area contributed by atoms with Gasteiger partial charge in [-0.3, -0.25) is 0 Å². The fourth-order valence-corrected chi connectivity index (χ4v) is 5.17. The molecule has 2 aliphatic heterocycles. The summed E-state index contributed by atoms with van der Waals surface area (Å²) in [6.07, 6.45) is 1.41. The van der Waals surface area contributed by atoms with Crippen LogP contribution in [0.3, 0.4) is 0 Å². The highest BCUT2D eigenvalue weighted by Gasteiger charge is 2.42. The Morgan fingerprint density at radius 3 is 2.67 bits per heavy atom. The molecule has 2 bridgehead atoms. The Kier molecular flexibility index (Phi) is 2.97. The minimum atomic E-state index is 0.316. The van der Waals surface area contributed by atoms with Gasteiger partial charge in [-0.25, -0.2) is 0 Å². The maximum absolute atomic E-state index is 6.39. The first-order chi connectivity index (χ1) is 13.2. The SMILES string of the molecule is Cc1ccc2c(oc3ccccc32)c1N1C2Cc3ccccc3N(C2)[C@@H]1C. The van der Waals surface area contributed by atoms with Crippen molar-refractivity contribution < 1.29 is 4.42 Å². The number of nitrogens with zero attached hydrogens (tertiary/aromatic N) is 2. The summed E-state index contributed by atoms with van der Waals surface area (Å²) >= 11 is 0. The Labute approximate surface area is 158 Å².